The summed E-state index contributed by atoms with van der Waals surface area (Å²) in [5.41, 5.74) is 0.784. The Kier molecular flexibility index (Phi) is 8.35. The SMILES string of the molecule is CCCCC(=O)O[C@H](C)[C@H](OCOC)c1ccccc1Cl. The number of halogens is 1. The fraction of sp³-hybridized carbons (Fsp3) is 0.562. The first kappa shape index (κ1) is 18.0. The van der Waals surface area contributed by atoms with E-state index < -0.39 is 12.2 Å². The van der Waals surface area contributed by atoms with Crippen LogP contribution in [0.3, 0.4) is 0 Å². The number of benzene rings is 1. The average Bonchev–Trinajstić information content (AvgIpc) is 2.47. The summed E-state index contributed by atoms with van der Waals surface area (Å²) in [5.74, 6) is -0.220. The zero-order valence-corrected chi connectivity index (χ0v) is 13.6. The summed E-state index contributed by atoms with van der Waals surface area (Å²) >= 11 is 6.20. The van der Waals surface area contributed by atoms with Crippen molar-refractivity contribution in [2.75, 3.05) is 13.9 Å². The molecule has 5 heteroatoms. The minimum atomic E-state index is -0.454. The van der Waals surface area contributed by atoms with Gasteiger partial charge in [-0.2, -0.15) is 0 Å². The maximum absolute atomic E-state index is 11.8. The lowest BCUT2D eigenvalue weighted by Gasteiger charge is -2.25. The number of hydrogen-bond acceptors (Lipinski definition) is 4. The minimum Gasteiger partial charge on any atom is -0.460 e. The smallest absolute Gasteiger partial charge is 0.306 e. The van der Waals surface area contributed by atoms with E-state index in [-0.39, 0.29) is 12.8 Å². The van der Waals surface area contributed by atoms with Crippen LogP contribution in [-0.4, -0.2) is 26.0 Å². The molecular formula is C16H23ClO4. The van der Waals surface area contributed by atoms with Crippen LogP contribution in [0.1, 0.15) is 44.8 Å². The van der Waals surface area contributed by atoms with Crippen molar-refractivity contribution in [3.8, 4) is 0 Å². The van der Waals surface area contributed by atoms with Gasteiger partial charge in [0, 0.05) is 24.1 Å². The molecule has 0 aliphatic heterocycles. The number of unbranched alkanes of at least 4 members (excludes halogenated alkanes) is 1. The Hall–Kier alpha value is -1.10. The molecule has 0 fully saturated rings. The lowest BCUT2D eigenvalue weighted by Crippen LogP contribution is -2.25. The first-order valence-corrected chi connectivity index (χ1v) is 7.52. The van der Waals surface area contributed by atoms with Gasteiger partial charge in [0.05, 0.1) is 0 Å². The highest BCUT2D eigenvalue weighted by molar-refractivity contribution is 6.31. The molecule has 4 nitrogen and oxygen atoms in total. The van der Waals surface area contributed by atoms with Gasteiger partial charge in [-0.3, -0.25) is 4.79 Å². The predicted octanol–water partition coefficient (Wildman–Crippen LogP) is 4.12. The van der Waals surface area contributed by atoms with E-state index in [9.17, 15) is 4.79 Å². The van der Waals surface area contributed by atoms with Crippen molar-refractivity contribution < 1.29 is 19.0 Å². The van der Waals surface area contributed by atoms with Gasteiger partial charge in [0.1, 0.15) is 19.0 Å². The number of esters is 1. The first-order chi connectivity index (χ1) is 10.1. The van der Waals surface area contributed by atoms with E-state index in [1.54, 1.807) is 20.1 Å². The van der Waals surface area contributed by atoms with Gasteiger partial charge in [0.2, 0.25) is 0 Å². The van der Waals surface area contributed by atoms with Gasteiger partial charge in [-0.15, -0.1) is 0 Å². The summed E-state index contributed by atoms with van der Waals surface area (Å²) in [6, 6.07) is 7.36. The second-order valence-electron chi connectivity index (χ2n) is 4.81. The zero-order chi connectivity index (χ0) is 15.7. The highest BCUT2D eigenvalue weighted by atomic mass is 35.5. The maximum Gasteiger partial charge on any atom is 0.306 e. The number of rotatable bonds is 9. The molecule has 1 rings (SSSR count). The third kappa shape index (κ3) is 6.04. The number of carbonyl (C=O) groups excluding carboxylic acids is 1. The number of methoxy groups -OCH3 is 1. The first-order valence-electron chi connectivity index (χ1n) is 7.14. The van der Waals surface area contributed by atoms with Crippen molar-refractivity contribution in [1.82, 2.24) is 0 Å². The third-order valence-electron chi connectivity index (χ3n) is 3.06. The molecule has 1 aromatic rings. The fourth-order valence-electron chi connectivity index (χ4n) is 1.97. The van der Waals surface area contributed by atoms with Crippen molar-refractivity contribution in [2.45, 2.75) is 45.3 Å². The summed E-state index contributed by atoms with van der Waals surface area (Å²) in [6.45, 7) is 3.94. The highest BCUT2D eigenvalue weighted by Crippen LogP contribution is 2.29. The average molecular weight is 315 g/mol. The quantitative estimate of drug-likeness (QED) is 0.508. The molecule has 0 unspecified atom stereocenters. The van der Waals surface area contributed by atoms with Crippen molar-refractivity contribution in [2.24, 2.45) is 0 Å². The molecule has 0 heterocycles. The van der Waals surface area contributed by atoms with Gasteiger partial charge in [0.25, 0.3) is 0 Å². The van der Waals surface area contributed by atoms with Crippen LogP contribution in [-0.2, 0) is 19.0 Å². The maximum atomic E-state index is 11.8. The highest BCUT2D eigenvalue weighted by Gasteiger charge is 2.25. The normalized spacial score (nSPS) is 13.7. The van der Waals surface area contributed by atoms with E-state index in [4.69, 9.17) is 25.8 Å². The van der Waals surface area contributed by atoms with Gasteiger partial charge in [-0.05, 0) is 19.4 Å². The van der Waals surface area contributed by atoms with Crippen LogP contribution >= 0.6 is 11.6 Å². The minimum absolute atomic E-state index is 0.104. The van der Waals surface area contributed by atoms with Gasteiger partial charge in [-0.1, -0.05) is 43.1 Å². The molecule has 0 saturated heterocycles. The molecule has 21 heavy (non-hydrogen) atoms. The summed E-state index contributed by atoms with van der Waals surface area (Å²) in [4.78, 5) is 11.8. The van der Waals surface area contributed by atoms with Crippen molar-refractivity contribution in [1.29, 1.82) is 0 Å². The van der Waals surface area contributed by atoms with Gasteiger partial charge >= 0.3 is 5.97 Å². The molecular weight excluding hydrogens is 292 g/mol. The molecule has 0 radical (unpaired) electrons. The molecule has 2 atom stereocenters. The number of ether oxygens (including phenoxy) is 3. The standard InChI is InChI=1S/C16H23ClO4/c1-4-5-10-15(18)21-12(2)16(20-11-19-3)13-8-6-7-9-14(13)17/h6-9,12,16H,4-5,10-11H2,1-3H3/t12-,16+/m1/s1. The Morgan fingerprint density at radius 1 is 1.33 bits per heavy atom. The Bertz CT molecular complexity index is 436. The van der Waals surface area contributed by atoms with E-state index in [1.165, 1.54) is 0 Å². The second kappa shape index (κ2) is 9.77. The molecule has 0 aliphatic rings. The lowest BCUT2D eigenvalue weighted by atomic mass is 10.1. The van der Waals surface area contributed by atoms with Crippen LogP contribution in [0.4, 0.5) is 0 Å². The summed E-state index contributed by atoms with van der Waals surface area (Å²) < 4.78 is 16.0. The van der Waals surface area contributed by atoms with Crippen LogP contribution in [0.2, 0.25) is 5.02 Å². The number of carbonyl (C=O) groups is 1. The molecule has 0 saturated carbocycles. The Balaban J connectivity index is 2.77. The summed E-state index contributed by atoms with van der Waals surface area (Å²) in [7, 11) is 1.54. The topological polar surface area (TPSA) is 44.8 Å². The van der Waals surface area contributed by atoms with E-state index in [2.05, 4.69) is 0 Å². The third-order valence-corrected chi connectivity index (χ3v) is 3.40. The molecule has 0 bridgehead atoms. The Labute approximate surface area is 131 Å². The molecule has 1 aromatic carbocycles. The van der Waals surface area contributed by atoms with Crippen molar-refractivity contribution >= 4 is 17.6 Å². The molecule has 0 spiro atoms. The number of hydrogen-bond donors (Lipinski definition) is 0. The van der Waals surface area contributed by atoms with E-state index in [0.717, 1.165) is 18.4 Å². The zero-order valence-electron chi connectivity index (χ0n) is 12.8. The molecule has 0 amide bonds. The summed E-state index contributed by atoms with van der Waals surface area (Å²) in [5, 5.41) is 0.579. The van der Waals surface area contributed by atoms with E-state index in [1.807, 2.05) is 25.1 Å². The molecule has 118 valence electrons. The Morgan fingerprint density at radius 3 is 2.67 bits per heavy atom. The van der Waals surface area contributed by atoms with Gasteiger partial charge in [0.15, 0.2) is 0 Å². The molecule has 0 aromatic heterocycles. The largest absolute Gasteiger partial charge is 0.460 e. The van der Waals surface area contributed by atoms with Gasteiger partial charge in [-0.25, -0.2) is 0 Å². The Morgan fingerprint density at radius 2 is 2.05 bits per heavy atom. The second-order valence-corrected chi connectivity index (χ2v) is 5.22. The van der Waals surface area contributed by atoms with Crippen molar-refractivity contribution in [3.63, 3.8) is 0 Å². The van der Waals surface area contributed by atoms with Gasteiger partial charge < -0.3 is 14.2 Å². The van der Waals surface area contributed by atoms with Crippen LogP contribution in [0.25, 0.3) is 0 Å². The van der Waals surface area contributed by atoms with Crippen molar-refractivity contribution in [3.05, 3.63) is 34.9 Å². The van der Waals surface area contributed by atoms with E-state index >= 15 is 0 Å². The van der Waals surface area contributed by atoms with Crippen LogP contribution < -0.4 is 0 Å². The fourth-order valence-corrected chi connectivity index (χ4v) is 2.22. The van der Waals surface area contributed by atoms with Crippen LogP contribution in [0.5, 0.6) is 0 Å². The lowest BCUT2D eigenvalue weighted by molar-refractivity contribution is -0.164. The van der Waals surface area contributed by atoms with E-state index in [0.29, 0.717) is 11.4 Å². The molecule has 0 N–H and O–H groups in total. The predicted molar refractivity (Wildman–Crippen MR) is 82.2 cm³/mol. The van der Waals surface area contributed by atoms with Crippen LogP contribution in [0, 0.1) is 0 Å². The monoisotopic (exact) mass is 314 g/mol. The summed E-state index contributed by atoms with van der Waals surface area (Å²) in [6.07, 6.45) is 1.30. The molecule has 0 aliphatic carbocycles. The van der Waals surface area contributed by atoms with Crippen LogP contribution in [0.15, 0.2) is 24.3 Å².